The van der Waals surface area contributed by atoms with Crippen LogP contribution in [0, 0.1) is 34.6 Å². The first-order chi connectivity index (χ1) is 10.8. The Morgan fingerprint density at radius 1 is 0.720 bits per heavy atom. The fourth-order valence-corrected chi connectivity index (χ4v) is 2.29. The minimum Gasteiger partial charge on any atom is -0.550 e. The maximum atomic E-state index is 5.18. The summed E-state index contributed by atoms with van der Waals surface area (Å²) in [5.41, 5.74) is 5.33. The van der Waals surface area contributed by atoms with E-state index in [0.717, 1.165) is 33.9 Å². The Labute approximate surface area is 203 Å². The second-order valence-electron chi connectivity index (χ2n) is 5.35. The van der Waals surface area contributed by atoms with Gasteiger partial charge in [0.2, 0.25) is 0 Å². The first kappa shape index (κ1) is 27.0. The van der Waals surface area contributed by atoms with Gasteiger partial charge < -0.3 is 14.2 Å². The van der Waals surface area contributed by atoms with Crippen LogP contribution in [0.5, 0.6) is 17.2 Å². The summed E-state index contributed by atoms with van der Waals surface area (Å²) in [6.45, 7) is 13.8. The normalized spacial score (nSPS) is 8.88. The van der Waals surface area contributed by atoms with Crippen molar-refractivity contribution in [2.24, 2.45) is 0 Å². The Balaban J connectivity index is 0. The SMILES string of the molecule is [CH2-]c1cc(C)c(C)c(OC)c1.[CH2-]c1ccc(C)c(OC)c1OC.[Y].[Y]. The number of hydrogen-bond acceptors (Lipinski definition) is 3. The summed E-state index contributed by atoms with van der Waals surface area (Å²) in [5, 5.41) is 0. The van der Waals surface area contributed by atoms with Gasteiger partial charge in [0.15, 0.2) is 0 Å². The van der Waals surface area contributed by atoms with Crippen LogP contribution in [0.2, 0.25) is 0 Å². The number of benzene rings is 2. The van der Waals surface area contributed by atoms with Crippen molar-refractivity contribution in [3.05, 3.63) is 65.9 Å². The minimum absolute atomic E-state index is 0. The topological polar surface area (TPSA) is 27.7 Å². The Morgan fingerprint density at radius 2 is 1.28 bits per heavy atom. The quantitative estimate of drug-likeness (QED) is 0.583. The van der Waals surface area contributed by atoms with Crippen molar-refractivity contribution in [1.82, 2.24) is 0 Å². The minimum atomic E-state index is 0. The molecule has 0 heterocycles. The Morgan fingerprint density at radius 3 is 1.72 bits per heavy atom. The van der Waals surface area contributed by atoms with Gasteiger partial charge in [-0.1, -0.05) is 6.92 Å². The van der Waals surface area contributed by atoms with Gasteiger partial charge in [-0.05, 0) is 25.0 Å². The average molecular weight is 492 g/mol. The van der Waals surface area contributed by atoms with Gasteiger partial charge in [-0.2, -0.15) is 37.1 Å². The molecule has 0 aliphatic heterocycles. The molecular weight excluding hydrogens is 466 g/mol. The van der Waals surface area contributed by atoms with E-state index in [4.69, 9.17) is 14.2 Å². The summed E-state index contributed by atoms with van der Waals surface area (Å²) < 4.78 is 15.5. The molecule has 25 heavy (non-hydrogen) atoms. The molecule has 0 aliphatic rings. The third kappa shape index (κ3) is 7.51. The number of aryl methyl sites for hydroxylation is 2. The van der Waals surface area contributed by atoms with Crippen LogP contribution in [-0.4, -0.2) is 21.3 Å². The van der Waals surface area contributed by atoms with Crippen LogP contribution in [0.1, 0.15) is 27.8 Å². The van der Waals surface area contributed by atoms with E-state index in [-0.39, 0.29) is 65.4 Å². The van der Waals surface area contributed by atoms with E-state index >= 15 is 0 Å². The van der Waals surface area contributed by atoms with Crippen molar-refractivity contribution in [2.75, 3.05) is 21.3 Å². The van der Waals surface area contributed by atoms with E-state index in [9.17, 15) is 0 Å². The molecule has 2 aromatic carbocycles. The standard InChI is InChI=1S/C10H13O2.C10H13O.2Y/c1-7-5-6-8(2)10(12-4)9(7)11-3;1-7-5-8(2)9(3)10(6-7)11-4;;/h5-6H,1H2,2-4H3;5-6H,1H2,2-4H3;;/q2*-1;;. The Bertz CT molecular complexity index is 641. The zero-order chi connectivity index (χ0) is 17.6. The van der Waals surface area contributed by atoms with Gasteiger partial charge in [0.1, 0.15) is 5.75 Å². The first-order valence-corrected chi connectivity index (χ1v) is 7.36. The van der Waals surface area contributed by atoms with Crippen molar-refractivity contribution >= 4 is 0 Å². The van der Waals surface area contributed by atoms with Crippen molar-refractivity contribution < 1.29 is 79.6 Å². The van der Waals surface area contributed by atoms with Crippen LogP contribution in [0.4, 0.5) is 0 Å². The molecule has 0 N–H and O–H groups in total. The fraction of sp³-hybridized carbons (Fsp3) is 0.300. The summed E-state index contributed by atoms with van der Waals surface area (Å²) in [6.07, 6.45) is 0. The van der Waals surface area contributed by atoms with E-state index in [0.29, 0.717) is 0 Å². The molecule has 0 amide bonds. The van der Waals surface area contributed by atoms with E-state index in [1.54, 1.807) is 21.3 Å². The second-order valence-corrected chi connectivity index (χ2v) is 5.35. The maximum absolute atomic E-state index is 5.18. The third-order valence-electron chi connectivity index (χ3n) is 3.70. The molecule has 2 rings (SSSR count). The van der Waals surface area contributed by atoms with Gasteiger partial charge >= 0.3 is 0 Å². The van der Waals surface area contributed by atoms with Crippen LogP contribution in [0.25, 0.3) is 0 Å². The number of ether oxygens (including phenoxy) is 3. The zero-order valence-corrected chi connectivity index (χ0v) is 21.8. The van der Waals surface area contributed by atoms with Crippen LogP contribution < -0.4 is 14.2 Å². The monoisotopic (exact) mass is 492 g/mol. The van der Waals surface area contributed by atoms with Gasteiger partial charge in [-0.3, -0.25) is 0 Å². The van der Waals surface area contributed by atoms with Gasteiger partial charge in [0.25, 0.3) is 0 Å². The van der Waals surface area contributed by atoms with Crippen molar-refractivity contribution in [3.8, 4) is 17.2 Å². The van der Waals surface area contributed by atoms with Crippen LogP contribution in [-0.2, 0) is 65.4 Å². The van der Waals surface area contributed by atoms with Gasteiger partial charge in [-0.15, -0.1) is 17.7 Å². The summed E-state index contributed by atoms with van der Waals surface area (Å²) in [4.78, 5) is 0. The molecule has 2 radical (unpaired) electrons. The summed E-state index contributed by atoms with van der Waals surface area (Å²) in [7, 11) is 4.93. The molecule has 0 spiro atoms. The molecule has 0 atom stereocenters. The molecule has 0 saturated carbocycles. The molecule has 0 unspecified atom stereocenters. The second kappa shape index (κ2) is 13.0. The summed E-state index contributed by atoms with van der Waals surface area (Å²) in [5.74, 6) is 2.41. The Hall–Kier alpha value is -0.212. The molecular formula is C20H26O3Y2-2. The van der Waals surface area contributed by atoms with E-state index in [1.807, 2.05) is 32.0 Å². The number of methoxy groups -OCH3 is 3. The molecule has 0 aromatic heterocycles. The Kier molecular flexibility index (Phi) is 14.1. The van der Waals surface area contributed by atoms with Gasteiger partial charge in [0.05, 0.1) is 32.8 Å². The summed E-state index contributed by atoms with van der Waals surface area (Å²) >= 11 is 0. The van der Waals surface area contributed by atoms with Gasteiger partial charge in [0, 0.05) is 65.4 Å². The molecule has 0 saturated heterocycles. The van der Waals surface area contributed by atoms with Crippen LogP contribution >= 0.6 is 0 Å². The molecule has 5 heteroatoms. The predicted molar refractivity (Wildman–Crippen MR) is 95.7 cm³/mol. The van der Waals surface area contributed by atoms with Crippen molar-refractivity contribution in [3.63, 3.8) is 0 Å². The van der Waals surface area contributed by atoms with E-state index < -0.39 is 0 Å². The van der Waals surface area contributed by atoms with Crippen molar-refractivity contribution in [1.29, 1.82) is 0 Å². The first-order valence-electron chi connectivity index (χ1n) is 7.36. The van der Waals surface area contributed by atoms with Crippen LogP contribution in [0.15, 0.2) is 24.3 Å². The summed E-state index contributed by atoms with van der Waals surface area (Å²) in [6, 6.07) is 7.88. The van der Waals surface area contributed by atoms with Gasteiger partial charge in [-0.25, -0.2) is 0 Å². The van der Waals surface area contributed by atoms with Crippen LogP contribution in [0.3, 0.4) is 0 Å². The van der Waals surface area contributed by atoms with Crippen molar-refractivity contribution in [2.45, 2.75) is 20.8 Å². The average Bonchev–Trinajstić information content (AvgIpc) is 2.53. The molecule has 3 nitrogen and oxygen atoms in total. The largest absolute Gasteiger partial charge is 0.550 e. The third-order valence-corrected chi connectivity index (χ3v) is 3.70. The fourth-order valence-electron chi connectivity index (χ4n) is 2.29. The molecule has 0 bridgehead atoms. The smallest absolute Gasteiger partial charge is 0.107 e. The molecule has 0 fully saturated rings. The molecule has 132 valence electrons. The zero-order valence-electron chi connectivity index (χ0n) is 16.1. The predicted octanol–water partition coefficient (Wildman–Crippen LogP) is 4.68. The molecule has 0 aliphatic carbocycles. The van der Waals surface area contributed by atoms with E-state index in [2.05, 4.69) is 26.8 Å². The number of rotatable bonds is 3. The van der Waals surface area contributed by atoms with E-state index in [1.165, 1.54) is 11.1 Å². The molecule has 2 aromatic rings. The maximum Gasteiger partial charge on any atom is 0.107 e. The number of hydrogen-bond donors (Lipinski definition) is 0.